The monoisotopic (exact) mass is 117 g/mol. The van der Waals surface area contributed by atoms with Crippen LogP contribution >= 0.6 is 11.9 Å². The SMILES string of the molecule is CNSC1(C)CC1. The molecule has 42 valence electrons. The summed E-state index contributed by atoms with van der Waals surface area (Å²) in [6.07, 6.45) is 2.77. The average molecular weight is 117 g/mol. The summed E-state index contributed by atoms with van der Waals surface area (Å²) in [5.74, 6) is 0. The van der Waals surface area contributed by atoms with Gasteiger partial charge in [0.1, 0.15) is 0 Å². The minimum Gasteiger partial charge on any atom is -0.267 e. The first-order valence-corrected chi connectivity index (χ1v) is 3.43. The van der Waals surface area contributed by atoms with Gasteiger partial charge in [0.25, 0.3) is 0 Å². The van der Waals surface area contributed by atoms with Crippen molar-refractivity contribution >= 4 is 11.9 Å². The molecule has 1 rings (SSSR count). The number of nitrogens with one attached hydrogen (secondary N) is 1. The third-order valence-corrected chi connectivity index (χ3v) is 2.41. The molecule has 0 atom stereocenters. The second-order valence-corrected chi connectivity index (χ2v) is 3.85. The van der Waals surface area contributed by atoms with E-state index < -0.39 is 0 Å². The van der Waals surface area contributed by atoms with E-state index >= 15 is 0 Å². The molecule has 0 saturated heterocycles. The summed E-state index contributed by atoms with van der Waals surface area (Å²) in [6, 6.07) is 0. The van der Waals surface area contributed by atoms with E-state index in [-0.39, 0.29) is 0 Å². The molecule has 1 aliphatic carbocycles. The highest BCUT2D eigenvalue weighted by atomic mass is 32.2. The third kappa shape index (κ3) is 1.35. The average Bonchev–Trinajstić information content (AvgIpc) is 2.22. The smallest absolute Gasteiger partial charge is 0.0277 e. The Labute approximate surface area is 49.0 Å². The van der Waals surface area contributed by atoms with Crippen LogP contribution in [0.5, 0.6) is 0 Å². The summed E-state index contributed by atoms with van der Waals surface area (Å²) in [5, 5.41) is 0. The van der Waals surface area contributed by atoms with Crippen molar-refractivity contribution in [2.75, 3.05) is 7.05 Å². The Bertz CT molecular complexity index is 68.5. The summed E-state index contributed by atoms with van der Waals surface area (Å²) in [7, 11) is 1.98. The number of hydrogen-bond acceptors (Lipinski definition) is 2. The van der Waals surface area contributed by atoms with Crippen LogP contribution in [0, 0.1) is 0 Å². The van der Waals surface area contributed by atoms with Crippen LogP contribution in [0.1, 0.15) is 19.8 Å². The van der Waals surface area contributed by atoms with Crippen LogP contribution in [-0.2, 0) is 0 Å². The van der Waals surface area contributed by atoms with Gasteiger partial charge in [0.05, 0.1) is 0 Å². The van der Waals surface area contributed by atoms with Gasteiger partial charge in [0, 0.05) is 4.75 Å². The molecule has 1 fully saturated rings. The second kappa shape index (κ2) is 1.67. The third-order valence-electron chi connectivity index (χ3n) is 1.30. The molecule has 0 heterocycles. The molecule has 0 radical (unpaired) electrons. The van der Waals surface area contributed by atoms with Gasteiger partial charge in [-0.25, -0.2) is 0 Å². The van der Waals surface area contributed by atoms with Crippen molar-refractivity contribution in [1.29, 1.82) is 0 Å². The van der Waals surface area contributed by atoms with Crippen LogP contribution in [0.3, 0.4) is 0 Å². The van der Waals surface area contributed by atoms with Crippen LogP contribution < -0.4 is 4.72 Å². The van der Waals surface area contributed by atoms with Crippen molar-refractivity contribution in [2.45, 2.75) is 24.5 Å². The molecule has 0 aliphatic heterocycles. The van der Waals surface area contributed by atoms with Crippen molar-refractivity contribution in [1.82, 2.24) is 4.72 Å². The first-order valence-electron chi connectivity index (χ1n) is 2.62. The highest BCUT2D eigenvalue weighted by Gasteiger charge is 2.37. The van der Waals surface area contributed by atoms with E-state index in [4.69, 9.17) is 0 Å². The summed E-state index contributed by atoms with van der Waals surface area (Å²) < 4.78 is 3.69. The van der Waals surface area contributed by atoms with E-state index in [0.29, 0.717) is 4.75 Å². The lowest BCUT2D eigenvalue weighted by Crippen LogP contribution is -2.03. The van der Waals surface area contributed by atoms with Crippen molar-refractivity contribution in [3.63, 3.8) is 0 Å². The van der Waals surface area contributed by atoms with Crippen LogP contribution in [0.2, 0.25) is 0 Å². The minimum atomic E-state index is 0.606. The van der Waals surface area contributed by atoms with Crippen molar-refractivity contribution < 1.29 is 0 Å². The van der Waals surface area contributed by atoms with Gasteiger partial charge < -0.3 is 0 Å². The molecule has 0 aromatic heterocycles. The predicted octanol–water partition coefficient (Wildman–Crippen LogP) is 1.41. The van der Waals surface area contributed by atoms with Crippen LogP contribution in [-0.4, -0.2) is 11.8 Å². The van der Waals surface area contributed by atoms with Crippen LogP contribution in [0.25, 0.3) is 0 Å². The second-order valence-electron chi connectivity index (χ2n) is 2.26. The van der Waals surface area contributed by atoms with Crippen molar-refractivity contribution in [3.05, 3.63) is 0 Å². The van der Waals surface area contributed by atoms with E-state index in [1.807, 2.05) is 19.0 Å². The molecule has 0 aromatic rings. The zero-order chi connectivity index (χ0) is 5.33. The quantitative estimate of drug-likeness (QED) is 0.549. The lowest BCUT2D eigenvalue weighted by Gasteiger charge is -2.02. The van der Waals surface area contributed by atoms with E-state index in [9.17, 15) is 0 Å². The van der Waals surface area contributed by atoms with Gasteiger partial charge in [0.2, 0.25) is 0 Å². The Morgan fingerprint density at radius 2 is 2.14 bits per heavy atom. The van der Waals surface area contributed by atoms with Gasteiger partial charge in [0.15, 0.2) is 0 Å². The molecule has 0 unspecified atom stereocenters. The Kier molecular flexibility index (Phi) is 1.30. The molecule has 1 N–H and O–H groups in total. The van der Waals surface area contributed by atoms with Crippen LogP contribution in [0.4, 0.5) is 0 Å². The van der Waals surface area contributed by atoms with E-state index in [2.05, 4.69) is 11.6 Å². The van der Waals surface area contributed by atoms with E-state index in [0.717, 1.165) is 0 Å². The summed E-state index contributed by atoms with van der Waals surface area (Å²) in [5.41, 5.74) is 0. The Balaban J connectivity index is 2.13. The first kappa shape index (κ1) is 5.45. The fourth-order valence-corrected chi connectivity index (χ4v) is 1.32. The lowest BCUT2D eigenvalue weighted by molar-refractivity contribution is 1.03. The molecule has 1 aliphatic rings. The Morgan fingerprint density at radius 3 is 2.29 bits per heavy atom. The molecule has 7 heavy (non-hydrogen) atoms. The highest BCUT2D eigenvalue weighted by molar-refractivity contribution is 7.99. The van der Waals surface area contributed by atoms with Crippen LogP contribution in [0.15, 0.2) is 0 Å². The molecule has 1 nitrogen and oxygen atoms in total. The largest absolute Gasteiger partial charge is 0.267 e. The molecular weight excluding hydrogens is 106 g/mol. The van der Waals surface area contributed by atoms with Gasteiger partial charge >= 0.3 is 0 Å². The molecule has 2 heteroatoms. The Hall–Kier alpha value is 0.310. The standard InChI is InChI=1S/C5H11NS/c1-5(3-4-5)7-6-2/h6H,3-4H2,1-2H3. The maximum absolute atomic E-state index is 3.09. The van der Waals surface area contributed by atoms with Gasteiger partial charge in [-0.3, -0.25) is 4.72 Å². The number of rotatable bonds is 2. The van der Waals surface area contributed by atoms with E-state index in [1.54, 1.807) is 0 Å². The summed E-state index contributed by atoms with van der Waals surface area (Å²) in [4.78, 5) is 0. The fraction of sp³-hybridized carbons (Fsp3) is 1.00. The van der Waals surface area contributed by atoms with Crippen molar-refractivity contribution in [2.24, 2.45) is 0 Å². The Morgan fingerprint density at radius 1 is 1.57 bits per heavy atom. The summed E-state index contributed by atoms with van der Waals surface area (Å²) in [6.45, 7) is 2.29. The fourth-order valence-electron chi connectivity index (χ4n) is 0.524. The first-order chi connectivity index (χ1) is 3.27. The maximum atomic E-state index is 3.09. The van der Waals surface area contributed by atoms with Crippen molar-refractivity contribution in [3.8, 4) is 0 Å². The molecule has 0 bridgehead atoms. The molecule has 0 aromatic carbocycles. The van der Waals surface area contributed by atoms with E-state index in [1.165, 1.54) is 12.8 Å². The van der Waals surface area contributed by atoms with Gasteiger partial charge in [-0.2, -0.15) is 0 Å². The lowest BCUT2D eigenvalue weighted by atomic mass is 10.5. The molecule has 1 saturated carbocycles. The molecular formula is C5H11NS. The zero-order valence-electron chi connectivity index (χ0n) is 4.82. The van der Waals surface area contributed by atoms with Gasteiger partial charge in [-0.15, -0.1) is 0 Å². The topological polar surface area (TPSA) is 12.0 Å². The maximum Gasteiger partial charge on any atom is 0.0277 e. The molecule has 0 spiro atoms. The molecule has 0 amide bonds. The summed E-state index contributed by atoms with van der Waals surface area (Å²) >= 11 is 1.85. The normalized spacial score (nSPS) is 24.9. The number of hydrogen-bond donors (Lipinski definition) is 1. The van der Waals surface area contributed by atoms with Gasteiger partial charge in [-0.1, -0.05) is 11.9 Å². The zero-order valence-corrected chi connectivity index (χ0v) is 5.64. The highest BCUT2D eigenvalue weighted by Crippen LogP contribution is 2.45. The van der Waals surface area contributed by atoms with Gasteiger partial charge in [-0.05, 0) is 26.8 Å². The predicted molar refractivity (Wildman–Crippen MR) is 34.3 cm³/mol. The minimum absolute atomic E-state index is 0.606.